The highest BCUT2D eigenvalue weighted by Crippen LogP contribution is 2.20. The summed E-state index contributed by atoms with van der Waals surface area (Å²) in [5.74, 6) is 0.0885. The predicted molar refractivity (Wildman–Crippen MR) is 120 cm³/mol. The fourth-order valence-electron chi connectivity index (χ4n) is 4.51. The lowest BCUT2D eigenvalue weighted by Crippen LogP contribution is -2.47. The molecule has 0 heterocycles. The molecule has 0 saturated heterocycles. The second kappa shape index (κ2) is 13.8. The van der Waals surface area contributed by atoms with Gasteiger partial charge in [-0.3, -0.25) is 0 Å². The Balaban J connectivity index is 1.65. The molecule has 172 valence electrons. The third-order valence-electron chi connectivity index (χ3n) is 6.34. The molecule has 8 nitrogen and oxygen atoms in total. The zero-order valence-electron chi connectivity index (χ0n) is 18.5. The van der Waals surface area contributed by atoms with Gasteiger partial charge in [0.15, 0.2) is 0 Å². The summed E-state index contributed by atoms with van der Waals surface area (Å²) in [4.78, 5) is 24.6. The molecule has 0 aromatic rings. The minimum atomic E-state index is -0.230. The number of carbonyl (C=O) groups is 2. The van der Waals surface area contributed by atoms with E-state index in [4.69, 9.17) is 5.11 Å². The SMILES string of the molecule is B[C@@H](CCCCO)NC(=O)NC1CCC[C@@H](NC(=O)NC2CCC[C@@H](O)CC2)CC1. The van der Waals surface area contributed by atoms with Crippen molar-refractivity contribution >= 4 is 19.9 Å². The molecule has 6 N–H and O–H groups in total. The summed E-state index contributed by atoms with van der Waals surface area (Å²) in [7, 11) is 1.98. The Morgan fingerprint density at radius 3 is 1.93 bits per heavy atom. The summed E-state index contributed by atoms with van der Waals surface area (Å²) in [6.45, 7) is 0.192. The van der Waals surface area contributed by atoms with E-state index in [1.54, 1.807) is 0 Å². The monoisotopic (exact) mass is 424 g/mol. The smallest absolute Gasteiger partial charge is 0.315 e. The number of unbranched alkanes of at least 4 members (excludes halogenated alkanes) is 1. The Morgan fingerprint density at radius 1 is 0.800 bits per heavy atom. The van der Waals surface area contributed by atoms with Crippen LogP contribution in [-0.4, -0.2) is 66.9 Å². The predicted octanol–water partition coefficient (Wildman–Crippen LogP) is 1.10. The Hall–Kier alpha value is -1.48. The number of urea groups is 2. The summed E-state index contributed by atoms with van der Waals surface area (Å²) in [5.41, 5.74) is 0. The second-order valence-corrected chi connectivity index (χ2v) is 9.12. The van der Waals surface area contributed by atoms with Crippen LogP contribution in [-0.2, 0) is 0 Å². The standard InChI is InChI=1S/C21H41BN4O4/c22-19(9-1-2-14-27)26-21(30)25-16-6-3-5-15(10-11-16)23-20(29)24-17-7-4-8-18(28)13-12-17/h15-19,27-28H,1-14,22H2,(H2,23,24,29)(H2,25,26,30)/t15-,16?,17?,18-,19-/m1/s1. The molecular weight excluding hydrogens is 383 g/mol. The number of hydrogen-bond donors (Lipinski definition) is 6. The molecule has 2 rings (SSSR count). The van der Waals surface area contributed by atoms with Crippen LogP contribution in [0.2, 0.25) is 0 Å². The molecular formula is C21H41BN4O4. The summed E-state index contributed by atoms with van der Waals surface area (Å²) >= 11 is 0. The lowest BCUT2D eigenvalue weighted by molar-refractivity contribution is 0.156. The molecule has 0 radical (unpaired) electrons. The van der Waals surface area contributed by atoms with Gasteiger partial charge in [-0.1, -0.05) is 0 Å². The van der Waals surface area contributed by atoms with Gasteiger partial charge in [0.1, 0.15) is 7.85 Å². The summed E-state index contributed by atoms with van der Waals surface area (Å²) in [6.07, 6.45) is 11.1. The summed E-state index contributed by atoms with van der Waals surface area (Å²) in [5, 5.41) is 30.8. The van der Waals surface area contributed by atoms with Gasteiger partial charge in [0.2, 0.25) is 0 Å². The van der Waals surface area contributed by atoms with Crippen LogP contribution in [0.3, 0.4) is 0 Å². The van der Waals surface area contributed by atoms with E-state index in [2.05, 4.69) is 21.3 Å². The molecule has 9 heteroatoms. The van der Waals surface area contributed by atoms with Gasteiger partial charge in [0, 0.05) is 24.7 Å². The number of carbonyl (C=O) groups excluding carboxylic acids is 2. The van der Waals surface area contributed by atoms with Crippen LogP contribution < -0.4 is 21.3 Å². The minimum Gasteiger partial charge on any atom is -0.396 e. The van der Waals surface area contributed by atoms with Crippen LogP contribution in [0.15, 0.2) is 0 Å². The fraction of sp³-hybridized carbons (Fsp3) is 0.905. The van der Waals surface area contributed by atoms with Crippen molar-refractivity contribution in [2.75, 3.05) is 6.61 Å². The highest BCUT2D eigenvalue weighted by atomic mass is 16.3. The lowest BCUT2D eigenvalue weighted by atomic mass is 9.91. The Kier molecular flexibility index (Phi) is 11.4. The molecule has 2 unspecified atom stereocenters. The molecule has 2 aliphatic rings. The quantitative estimate of drug-likeness (QED) is 0.198. The highest BCUT2D eigenvalue weighted by molar-refractivity contribution is 6.12. The molecule has 4 amide bonds. The van der Waals surface area contributed by atoms with E-state index in [1.807, 2.05) is 7.85 Å². The maximum absolute atomic E-state index is 12.4. The first-order chi connectivity index (χ1) is 14.5. The average molecular weight is 424 g/mol. The maximum Gasteiger partial charge on any atom is 0.315 e. The van der Waals surface area contributed by atoms with Crippen LogP contribution in [0.5, 0.6) is 0 Å². The third-order valence-corrected chi connectivity index (χ3v) is 6.34. The zero-order chi connectivity index (χ0) is 21.8. The molecule has 30 heavy (non-hydrogen) atoms. The van der Waals surface area contributed by atoms with E-state index in [0.717, 1.165) is 83.5 Å². The van der Waals surface area contributed by atoms with E-state index in [-0.39, 0.29) is 48.8 Å². The van der Waals surface area contributed by atoms with Gasteiger partial charge in [-0.25, -0.2) is 9.59 Å². The van der Waals surface area contributed by atoms with Gasteiger partial charge in [-0.05, 0) is 89.4 Å². The third kappa shape index (κ3) is 10.0. The number of nitrogens with one attached hydrogen (secondary N) is 4. The van der Waals surface area contributed by atoms with Crippen molar-refractivity contribution in [1.29, 1.82) is 0 Å². The van der Waals surface area contributed by atoms with Crippen molar-refractivity contribution in [2.24, 2.45) is 0 Å². The minimum absolute atomic E-state index is 0.0885. The number of aliphatic hydroxyl groups is 2. The molecule has 0 spiro atoms. The van der Waals surface area contributed by atoms with E-state index in [1.165, 1.54) is 0 Å². The van der Waals surface area contributed by atoms with Crippen molar-refractivity contribution in [2.45, 2.75) is 114 Å². The second-order valence-electron chi connectivity index (χ2n) is 9.12. The first-order valence-electron chi connectivity index (χ1n) is 11.9. The number of amides is 4. The van der Waals surface area contributed by atoms with Crippen LogP contribution in [0.1, 0.15) is 83.5 Å². The molecule has 0 aromatic heterocycles. The largest absolute Gasteiger partial charge is 0.396 e. The average Bonchev–Trinajstić information content (AvgIpc) is 3.02. The number of aliphatic hydroxyl groups excluding tert-OH is 2. The van der Waals surface area contributed by atoms with Crippen molar-refractivity contribution in [3.05, 3.63) is 0 Å². The van der Waals surface area contributed by atoms with Crippen LogP contribution in [0.25, 0.3) is 0 Å². The van der Waals surface area contributed by atoms with Gasteiger partial charge >= 0.3 is 12.1 Å². The van der Waals surface area contributed by atoms with Crippen molar-refractivity contribution in [1.82, 2.24) is 21.3 Å². The Morgan fingerprint density at radius 2 is 1.33 bits per heavy atom. The van der Waals surface area contributed by atoms with Gasteiger partial charge in [0.25, 0.3) is 0 Å². The van der Waals surface area contributed by atoms with Crippen molar-refractivity contribution in [3.63, 3.8) is 0 Å². The Bertz CT molecular complexity index is 525. The molecule has 2 aliphatic carbocycles. The fourth-order valence-corrected chi connectivity index (χ4v) is 4.51. The van der Waals surface area contributed by atoms with Crippen molar-refractivity contribution < 1.29 is 19.8 Å². The molecule has 5 atom stereocenters. The molecule has 0 aromatic carbocycles. The molecule has 0 aliphatic heterocycles. The zero-order valence-corrected chi connectivity index (χ0v) is 18.5. The van der Waals surface area contributed by atoms with Gasteiger partial charge < -0.3 is 31.5 Å². The number of hydrogen-bond acceptors (Lipinski definition) is 4. The van der Waals surface area contributed by atoms with E-state index in [9.17, 15) is 14.7 Å². The summed E-state index contributed by atoms with van der Waals surface area (Å²) < 4.78 is 0. The van der Waals surface area contributed by atoms with E-state index in [0.29, 0.717) is 0 Å². The van der Waals surface area contributed by atoms with Crippen LogP contribution >= 0.6 is 0 Å². The lowest BCUT2D eigenvalue weighted by Gasteiger charge is -2.22. The normalized spacial score (nSPS) is 28.5. The first-order valence-corrected chi connectivity index (χ1v) is 11.9. The van der Waals surface area contributed by atoms with Crippen molar-refractivity contribution in [3.8, 4) is 0 Å². The van der Waals surface area contributed by atoms with E-state index < -0.39 is 0 Å². The molecule has 2 saturated carbocycles. The van der Waals surface area contributed by atoms with Crippen LogP contribution in [0.4, 0.5) is 9.59 Å². The van der Waals surface area contributed by atoms with Gasteiger partial charge in [0.05, 0.1) is 6.10 Å². The van der Waals surface area contributed by atoms with E-state index >= 15 is 0 Å². The molecule has 2 fully saturated rings. The van der Waals surface area contributed by atoms with Gasteiger partial charge in [-0.2, -0.15) is 0 Å². The Labute approximate surface area is 181 Å². The first kappa shape index (κ1) is 24.8. The highest BCUT2D eigenvalue weighted by Gasteiger charge is 2.23. The van der Waals surface area contributed by atoms with Gasteiger partial charge in [-0.15, -0.1) is 0 Å². The topological polar surface area (TPSA) is 123 Å². The van der Waals surface area contributed by atoms with Crippen LogP contribution in [0, 0.1) is 0 Å². The molecule has 0 bridgehead atoms. The summed E-state index contributed by atoms with van der Waals surface area (Å²) in [6, 6.07) is 0.172. The maximum atomic E-state index is 12.4. The number of rotatable bonds is 8.